The number of aryl methyl sites for hydroxylation is 2. The van der Waals surface area contributed by atoms with Gasteiger partial charge in [-0.05, 0) is 35.9 Å². The minimum atomic E-state index is -4.58. The molecule has 184 valence electrons. The molecule has 0 atom stereocenters. The van der Waals surface area contributed by atoms with E-state index < -0.39 is 17.6 Å². The summed E-state index contributed by atoms with van der Waals surface area (Å²) in [7, 11) is 3.43. The summed E-state index contributed by atoms with van der Waals surface area (Å²) in [6.07, 6.45) is 3.44. The summed E-state index contributed by atoms with van der Waals surface area (Å²) in [6.45, 7) is 0. The molecular weight excluding hydrogens is 483 g/mol. The van der Waals surface area contributed by atoms with E-state index in [-0.39, 0.29) is 5.69 Å². The fourth-order valence-electron chi connectivity index (χ4n) is 4.39. The molecule has 1 aromatic carbocycles. The van der Waals surface area contributed by atoms with Gasteiger partial charge < -0.3 is 0 Å². The van der Waals surface area contributed by atoms with Gasteiger partial charge in [0, 0.05) is 43.0 Å². The number of pyridine rings is 3. The second kappa shape index (κ2) is 8.12. The predicted octanol–water partition coefficient (Wildman–Crippen LogP) is 4.75. The summed E-state index contributed by atoms with van der Waals surface area (Å²) in [6, 6.07) is 11.6. The highest BCUT2D eigenvalue weighted by atomic mass is 19.4. The highest BCUT2D eigenvalue weighted by Crippen LogP contribution is 2.31. The summed E-state index contributed by atoms with van der Waals surface area (Å²) < 4.78 is 43.6. The van der Waals surface area contributed by atoms with Crippen LogP contribution in [0.5, 0.6) is 0 Å². The van der Waals surface area contributed by atoms with Crippen LogP contribution >= 0.6 is 0 Å². The molecule has 0 amide bonds. The number of hydrogen-bond acceptors (Lipinski definition) is 5. The first-order chi connectivity index (χ1) is 17.7. The molecule has 0 aliphatic rings. The van der Waals surface area contributed by atoms with E-state index in [0.717, 1.165) is 34.6 Å². The summed E-state index contributed by atoms with van der Waals surface area (Å²) >= 11 is 0. The van der Waals surface area contributed by atoms with Gasteiger partial charge in [0.2, 0.25) is 0 Å². The number of imidazole rings is 1. The van der Waals surface area contributed by atoms with Crippen molar-refractivity contribution in [3.05, 3.63) is 89.6 Å². The lowest BCUT2D eigenvalue weighted by molar-refractivity contribution is -0.141. The molecule has 0 bridgehead atoms. The quantitative estimate of drug-likeness (QED) is 0.349. The molecule has 37 heavy (non-hydrogen) atoms. The Morgan fingerprint density at radius 2 is 1.62 bits per heavy atom. The molecule has 6 aromatic rings. The lowest BCUT2D eigenvalue weighted by atomic mass is 10.0. The molecular formula is C26H18F3N7O. The zero-order valence-corrected chi connectivity index (χ0v) is 19.6. The fourth-order valence-corrected chi connectivity index (χ4v) is 4.39. The molecule has 0 radical (unpaired) electrons. The maximum atomic E-state index is 13.2. The molecule has 8 nitrogen and oxygen atoms in total. The van der Waals surface area contributed by atoms with E-state index in [1.807, 2.05) is 43.6 Å². The summed E-state index contributed by atoms with van der Waals surface area (Å²) in [5.41, 5.74) is 3.87. The van der Waals surface area contributed by atoms with Crippen LogP contribution in [0.3, 0.4) is 0 Å². The van der Waals surface area contributed by atoms with Gasteiger partial charge in [-0.25, -0.2) is 9.78 Å². The second-order valence-corrected chi connectivity index (χ2v) is 8.64. The van der Waals surface area contributed by atoms with Gasteiger partial charge >= 0.3 is 11.9 Å². The zero-order valence-electron chi connectivity index (χ0n) is 19.6. The lowest BCUT2D eigenvalue weighted by Crippen LogP contribution is -2.21. The molecule has 0 aliphatic carbocycles. The van der Waals surface area contributed by atoms with Crippen LogP contribution in [0.1, 0.15) is 5.69 Å². The van der Waals surface area contributed by atoms with Crippen molar-refractivity contribution in [3.8, 4) is 28.1 Å². The normalized spacial score (nSPS) is 12.0. The predicted molar refractivity (Wildman–Crippen MR) is 132 cm³/mol. The van der Waals surface area contributed by atoms with E-state index >= 15 is 0 Å². The Labute approximate surface area is 207 Å². The zero-order chi connectivity index (χ0) is 25.9. The monoisotopic (exact) mass is 501 g/mol. The van der Waals surface area contributed by atoms with Crippen molar-refractivity contribution in [1.82, 2.24) is 33.9 Å². The van der Waals surface area contributed by atoms with Crippen molar-refractivity contribution in [2.45, 2.75) is 6.18 Å². The number of halogens is 3. The molecule has 0 saturated heterocycles. The Morgan fingerprint density at radius 1 is 0.811 bits per heavy atom. The van der Waals surface area contributed by atoms with Crippen molar-refractivity contribution in [3.63, 3.8) is 0 Å². The highest BCUT2D eigenvalue weighted by Gasteiger charge is 2.32. The van der Waals surface area contributed by atoms with Gasteiger partial charge in [0.05, 0.1) is 46.5 Å². The third kappa shape index (κ3) is 3.75. The molecule has 0 aliphatic heterocycles. The average Bonchev–Trinajstić information content (AvgIpc) is 3.44. The van der Waals surface area contributed by atoms with Crippen LogP contribution < -0.4 is 5.69 Å². The van der Waals surface area contributed by atoms with Crippen molar-refractivity contribution < 1.29 is 13.2 Å². The van der Waals surface area contributed by atoms with Gasteiger partial charge in [0.15, 0.2) is 0 Å². The summed E-state index contributed by atoms with van der Waals surface area (Å²) in [4.78, 5) is 25.8. The number of rotatable bonds is 3. The first-order valence-corrected chi connectivity index (χ1v) is 11.2. The molecule has 6 rings (SSSR count). The topological polar surface area (TPSA) is 83.4 Å². The fraction of sp³-hybridized carbons (Fsp3) is 0.115. The largest absolute Gasteiger partial charge is 0.433 e. The highest BCUT2D eigenvalue weighted by molar-refractivity contribution is 6.04. The molecule has 0 unspecified atom stereocenters. The van der Waals surface area contributed by atoms with Gasteiger partial charge in [0.1, 0.15) is 5.69 Å². The van der Waals surface area contributed by atoms with Gasteiger partial charge in [-0.2, -0.15) is 18.3 Å². The Balaban J connectivity index is 1.51. The van der Waals surface area contributed by atoms with E-state index in [4.69, 9.17) is 0 Å². The van der Waals surface area contributed by atoms with Crippen LogP contribution in [-0.4, -0.2) is 33.9 Å². The Hall–Kier alpha value is -4.80. The molecule has 0 fully saturated rings. The molecule has 5 heterocycles. The summed E-state index contributed by atoms with van der Waals surface area (Å²) in [5.74, 6) is 0. The Bertz CT molecular complexity index is 1850. The second-order valence-electron chi connectivity index (χ2n) is 8.64. The van der Waals surface area contributed by atoms with Crippen LogP contribution in [0.4, 0.5) is 13.2 Å². The molecule has 0 spiro atoms. The Morgan fingerprint density at radius 3 is 2.27 bits per heavy atom. The lowest BCUT2D eigenvalue weighted by Gasteiger charge is -2.09. The Kier molecular flexibility index (Phi) is 4.97. The number of alkyl halides is 3. The number of nitrogens with zero attached hydrogens (tertiary/aromatic N) is 7. The third-order valence-electron chi connectivity index (χ3n) is 6.28. The van der Waals surface area contributed by atoms with E-state index in [2.05, 4.69) is 20.1 Å². The van der Waals surface area contributed by atoms with Gasteiger partial charge in [-0.3, -0.25) is 23.8 Å². The van der Waals surface area contributed by atoms with Crippen LogP contribution in [0, 0.1) is 0 Å². The first-order valence-electron chi connectivity index (χ1n) is 11.2. The molecule has 0 saturated carbocycles. The van der Waals surface area contributed by atoms with Crippen LogP contribution in [0.25, 0.3) is 50.0 Å². The van der Waals surface area contributed by atoms with Gasteiger partial charge in [-0.15, -0.1) is 0 Å². The number of benzene rings is 1. The van der Waals surface area contributed by atoms with Crippen LogP contribution in [0.15, 0.2) is 78.2 Å². The number of aromatic nitrogens is 7. The van der Waals surface area contributed by atoms with Gasteiger partial charge in [-0.1, -0.05) is 12.1 Å². The minimum Gasteiger partial charge on any atom is -0.293 e. The van der Waals surface area contributed by atoms with E-state index in [0.29, 0.717) is 21.9 Å². The maximum absolute atomic E-state index is 13.2. The molecule has 5 aromatic heterocycles. The number of hydrogen-bond donors (Lipinski definition) is 0. The van der Waals surface area contributed by atoms with Crippen molar-refractivity contribution in [2.24, 2.45) is 14.1 Å². The SMILES string of the molecule is Cn1cc(-c2ccc(-c3ccc4ncc5c(c4c3)n(-c3ccc(C(F)(F)F)nc3)c(=O)n5C)cn2)cn1. The maximum Gasteiger partial charge on any atom is 0.433 e. The number of fused-ring (bicyclic) bond motifs is 3. The average molecular weight is 501 g/mol. The van der Waals surface area contributed by atoms with Crippen molar-refractivity contribution in [1.29, 1.82) is 0 Å². The molecule has 11 heteroatoms. The van der Waals surface area contributed by atoms with E-state index in [9.17, 15) is 18.0 Å². The minimum absolute atomic E-state index is 0.226. The molecule has 0 N–H and O–H groups in total. The van der Waals surface area contributed by atoms with E-state index in [1.165, 1.54) is 15.2 Å². The van der Waals surface area contributed by atoms with Crippen molar-refractivity contribution >= 4 is 21.9 Å². The standard InChI is InChI=1S/C26H18F3N7O/c1-34-14-17(11-33-34)20-6-4-16(10-30-20)15-3-7-21-19(9-15)24-22(13-31-21)35(2)25(37)36(24)18-5-8-23(32-12-18)26(27,28)29/h3-14H,1-2H3. The first kappa shape index (κ1) is 22.7. The third-order valence-corrected chi connectivity index (χ3v) is 6.28. The van der Waals surface area contributed by atoms with E-state index in [1.54, 1.807) is 30.3 Å². The van der Waals surface area contributed by atoms with Crippen LogP contribution in [-0.2, 0) is 20.3 Å². The van der Waals surface area contributed by atoms with Crippen LogP contribution in [0.2, 0.25) is 0 Å². The summed E-state index contributed by atoms with van der Waals surface area (Å²) in [5, 5.41) is 4.85. The smallest absolute Gasteiger partial charge is 0.293 e. The van der Waals surface area contributed by atoms with Crippen molar-refractivity contribution in [2.75, 3.05) is 0 Å². The van der Waals surface area contributed by atoms with Gasteiger partial charge in [0.25, 0.3) is 0 Å².